The lowest BCUT2D eigenvalue weighted by molar-refractivity contribution is 1.07. The summed E-state index contributed by atoms with van der Waals surface area (Å²) in [7, 11) is -0.737. The third-order valence-electron chi connectivity index (χ3n) is 9.44. The van der Waals surface area contributed by atoms with Gasteiger partial charge in [0.2, 0.25) is 0 Å². The lowest BCUT2D eigenvalue weighted by Crippen LogP contribution is -2.20. The molecule has 1 N–H and O–H groups in total. The lowest BCUT2D eigenvalue weighted by Gasteiger charge is -2.19. The number of hydrogen-bond acceptors (Lipinski definition) is 7. The number of fused-ring (bicyclic) bond motifs is 3. The predicted molar refractivity (Wildman–Crippen MR) is 228 cm³/mol. The van der Waals surface area contributed by atoms with E-state index in [1.54, 1.807) is 6.08 Å². The van der Waals surface area contributed by atoms with Gasteiger partial charge < -0.3 is 0 Å². The molecule has 9 rings (SSSR count). The zero-order valence-electron chi connectivity index (χ0n) is 28.9. The van der Waals surface area contributed by atoms with Gasteiger partial charge in [-0.05, 0) is 54.9 Å². The van der Waals surface area contributed by atoms with E-state index in [4.69, 9.17) is 25.3 Å². The Bertz CT molecular complexity index is 2680. The molecule has 0 atom stereocenters. The van der Waals surface area contributed by atoms with Crippen LogP contribution in [0.5, 0.6) is 0 Å². The first-order valence-electron chi connectivity index (χ1n) is 17.5. The van der Waals surface area contributed by atoms with E-state index in [1.807, 2.05) is 84.9 Å². The van der Waals surface area contributed by atoms with Crippen LogP contribution >= 0.6 is 20.7 Å². The highest BCUT2D eigenvalue weighted by Gasteiger charge is 2.24. The van der Waals surface area contributed by atoms with E-state index < -0.39 is 7.92 Å². The van der Waals surface area contributed by atoms with Gasteiger partial charge in [-0.1, -0.05) is 158 Å². The number of rotatable bonds is 7. The number of pyridine rings is 1. The Kier molecular flexibility index (Phi) is 9.01. The van der Waals surface area contributed by atoms with Crippen molar-refractivity contribution in [3.8, 4) is 45.4 Å². The number of hydrogen-bond donors (Lipinski definition) is 2. The molecule has 0 spiro atoms. The molecular weight excluding hydrogens is 700 g/mol. The summed E-state index contributed by atoms with van der Waals surface area (Å²) in [4.78, 5) is 20.1. The van der Waals surface area contributed by atoms with Crippen LogP contribution in [0.2, 0.25) is 0 Å². The number of para-hydroxylation sites is 1. The molecule has 8 heteroatoms. The fourth-order valence-corrected chi connectivity index (χ4v) is 9.33. The van der Waals surface area contributed by atoms with Gasteiger partial charge in [-0.25, -0.2) is 24.3 Å². The molecule has 2 heterocycles. The molecule has 0 bridgehead atoms. The summed E-state index contributed by atoms with van der Waals surface area (Å²) in [5, 5.41) is 13.3. The summed E-state index contributed by atoms with van der Waals surface area (Å²) in [6, 6.07) is 56.2. The second-order valence-electron chi connectivity index (χ2n) is 12.8. The Balaban J connectivity index is 1.12. The van der Waals surface area contributed by atoms with Gasteiger partial charge in [0.1, 0.15) is 5.71 Å². The molecule has 6 nitrogen and oxygen atoms in total. The Hall–Kier alpha value is -6.40. The molecule has 0 saturated heterocycles. The van der Waals surface area contributed by atoms with Crippen molar-refractivity contribution < 1.29 is 0 Å². The zero-order chi connectivity index (χ0) is 36.4. The van der Waals surface area contributed by atoms with Crippen molar-refractivity contribution in [2.45, 2.75) is 0 Å². The van der Waals surface area contributed by atoms with Crippen molar-refractivity contribution in [3.63, 3.8) is 0 Å². The first kappa shape index (κ1) is 33.4. The average Bonchev–Trinajstić information content (AvgIpc) is 3.24. The maximum atomic E-state index is 8.50. The normalized spacial score (nSPS) is 13.1. The van der Waals surface area contributed by atoms with Crippen LogP contribution in [0.25, 0.3) is 62.4 Å². The van der Waals surface area contributed by atoms with E-state index in [0.717, 1.165) is 50.0 Å². The van der Waals surface area contributed by atoms with E-state index in [1.165, 1.54) is 15.9 Å². The van der Waals surface area contributed by atoms with E-state index in [-0.39, 0.29) is 0 Å². The fraction of sp³-hybridized carbons (Fsp3) is 0. The van der Waals surface area contributed by atoms with Gasteiger partial charge >= 0.3 is 0 Å². The maximum Gasteiger partial charge on any atom is 0.164 e. The summed E-state index contributed by atoms with van der Waals surface area (Å²) < 4.78 is 4.20. The van der Waals surface area contributed by atoms with E-state index >= 15 is 0 Å². The molecule has 2 aromatic heterocycles. The molecule has 8 aromatic rings. The van der Waals surface area contributed by atoms with Gasteiger partial charge in [0.15, 0.2) is 17.5 Å². The number of aromatic nitrogens is 4. The Morgan fingerprint density at radius 2 is 0.926 bits per heavy atom. The molecule has 1 aliphatic carbocycles. The second kappa shape index (κ2) is 14.6. The van der Waals surface area contributed by atoms with Crippen molar-refractivity contribution in [2.75, 3.05) is 0 Å². The number of nitrogens with zero attached hydrogens (tertiary/aromatic N) is 5. The van der Waals surface area contributed by atoms with Crippen molar-refractivity contribution in [1.29, 1.82) is 5.41 Å². The summed E-state index contributed by atoms with van der Waals surface area (Å²) >= 11 is 4.24. The van der Waals surface area contributed by atoms with Crippen LogP contribution in [0.1, 0.15) is 11.1 Å². The van der Waals surface area contributed by atoms with Crippen molar-refractivity contribution in [1.82, 2.24) is 19.9 Å². The molecule has 0 unspecified atom stereocenters. The zero-order valence-corrected chi connectivity index (χ0v) is 30.7. The van der Waals surface area contributed by atoms with Crippen LogP contribution in [0.15, 0.2) is 174 Å². The number of thiol groups is 1. The maximum absolute atomic E-state index is 8.50. The Morgan fingerprint density at radius 3 is 1.50 bits per heavy atom. The molecule has 0 amide bonds. The first-order valence-corrected chi connectivity index (χ1v) is 19.2. The van der Waals surface area contributed by atoms with Crippen molar-refractivity contribution in [3.05, 3.63) is 181 Å². The topological polar surface area (TPSA) is 87.8 Å². The van der Waals surface area contributed by atoms with Gasteiger partial charge in [-0.2, -0.15) is 0 Å². The molecule has 0 fully saturated rings. The molecule has 54 heavy (non-hydrogen) atoms. The number of allylic oxidation sites excluding steroid dienone is 1. The third-order valence-corrected chi connectivity index (χ3v) is 12.1. The average molecular weight is 731 g/mol. The molecule has 0 radical (unpaired) electrons. The highest BCUT2D eigenvalue weighted by atomic mass is 32.1. The van der Waals surface area contributed by atoms with Gasteiger partial charge in [0.05, 0.1) is 16.9 Å². The van der Waals surface area contributed by atoms with Crippen LogP contribution in [0.3, 0.4) is 0 Å². The van der Waals surface area contributed by atoms with Crippen molar-refractivity contribution >= 4 is 65.1 Å². The van der Waals surface area contributed by atoms with Gasteiger partial charge in [0.25, 0.3) is 0 Å². The SMILES string of the molecule is N=C1C=Cc2c(-c3ccc(-c4nc(-c5ccccc5)nc(-c5ccc(P(c6ccccc6)c6ccccc6)cc5)n4)cc3)nc3ccccc3c2C1=NS. The first-order chi connectivity index (χ1) is 26.6. The molecule has 6 aromatic carbocycles. The van der Waals surface area contributed by atoms with Crippen LogP contribution in [0.4, 0.5) is 0 Å². The Morgan fingerprint density at radius 1 is 0.463 bits per heavy atom. The summed E-state index contributed by atoms with van der Waals surface area (Å²) in [5.74, 6) is 1.79. The van der Waals surface area contributed by atoms with Crippen LogP contribution < -0.4 is 15.9 Å². The highest BCUT2D eigenvalue weighted by Crippen LogP contribution is 2.36. The van der Waals surface area contributed by atoms with E-state index in [9.17, 15) is 0 Å². The summed E-state index contributed by atoms with van der Waals surface area (Å²) in [5.41, 5.74) is 7.87. The van der Waals surface area contributed by atoms with Crippen LogP contribution in [-0.4, -0.2) is 31.4 Å². The van der Waals surface area contributed by atoms with E-state index in [2.05, 4.69) is 102 Å². The molecule has 256 valence electrons. The molecule has 1 aliphatic rings. The van der Waals surface area contributed by atoms with Gasteiger partial charge in [-0.15, -0.1) is 0 Å². The third kappa shape index (κ3) is 6.34. The minimum absolute atomic E-state index is 0.317. The highest BCUT2D eigenvalue weighted by molar-refractivity contribution is 7.79. The smallest absolute Gasteiger partial charge is 0.164 e. The second-order valence-corrected chi connectivity index (χ2v) is 15.2. The lowest BCUT2D eigenvalue weighted by atomic mass is 9.88. The number of benzene rings is 6. The Labute approximate surface area is 319 Å². The quantitative estimate of drug-likeness (QED) is 0.126. The monoisotopic (exact) mass is 730 g/mol. The van der Waals surface area contributed by atoms with Gasteiger partial charge in [0, 0.05) is 38.8 Å². The minimum atomic E-state index is -0.737. The van der Waals surface area contributed by atoms with Gasteiger partial charge in [-0.3, -0.25) is 5.41 Å². The summed E-state index contributed by atoms with van der Waals surface area (Å²) in [6.07, 6.45) is 3.70. The number of nitrogens with one attached hydrogen (secondary N) is 1. The molecule has 0 saturated carbocycles. The summed E-state index contributed by atoms with van der Waals surface area (Å²) in [6.45, 7) is 0. The molecular formula is C46H31N6PS. The van der Waals surface area contributed by atoms with E-state index in [0.29, 0.717) is 28.9 Å². The largest absolute Gasteiger partial charge is 0.299 e. The predicted octanol–water partition coefficient (Wildman–Crippen LogP) is 9.53. The standard InChI is InChI=1S/C46H31N6PS/c47-39-29-28-38-41(43(39)52-54)37-18-10-11-19-40(37)48-42(38)30-20-22-32(23-21-30)45-49-44(31-12-4-1-5-13-31)50-46(51-45)33-24-26-36(27-25-33)53(34-14-6-2-7-15-34)35-16-8-3-9-17-35/h1-29,47,54H. The van der Waals surface area contributed by atoms with Crippen molar-refractivity contribution in [2.24, 2.45) is 4.40 Å². The van der Waals surface area contributed by atoms with Crippen LogP contribution in [-0.2, 0) is 0 Å². The fourth-order valence-electron chi connectivity index (χ4n) is 6.84. The van der Waals surface area contributed by atoms with Crippen LogP contribution in [0, 0.1) is 5.41 Å². The molecule has 0 aliphatic heterocycles. The minimum Gasteiger partial charge on any atom is -0.299 e.